The van der Waals surface area contributed by atoms with E-state index in [0.717, 1.165) is 12.1 Å². The predicted molar refractivity (Wildman–Crippen MR) is 106 cm³/mol. The SMILES string of the molecule is CCOc1nccc2c(C(=O)c3c(F)ccc(C(C)(C)OC(N)=O)c3F)cccc12. The zero-order valence-electron chi connectivity index (χ0n) is 16.7. The Balaban J connectivity index is 2.18. The van der Waals surface area contributed by atoms with E-state index in [9.17, 15) is 14.0 Å². The summed E-state index contributed by atoms with van der Waals surface area (Å²) in [5.74, 6) is -2.70. The van der Waals surface area contributed by atoms with E-state index in [1.54, 1.807) is 25.1 Å². The molecule has 0 bridgehead atoms. The molecule has 1 aromatic heterocycles. The Morgan fingerprint density at radius 2 is 1.83 bits per heavy atom. The van der Waals surface area contributed by atoms with E-state index >= 15 is 4.39 Å². The molecule has 0 aliphatic heterocycles. The minimum atomic E-state index is -1.51. The molecule has 6 nitrogen and oxygen atoms in total. The maximum atomic E-state index is 15.3. The van der Waals surface area contributed by atoms with Gasteiger partial charge in [-0.2, -0.15) is 0 Å². The Hall–Kier alpha value is -3.55. The van der Waals surface area contributed by atoms with Crippen LogP contribution in [-0.4, -0.2) is 23.5 Å². The van der Waals surface area contributed by atoms with Gasteiger partial charge in [0.2, 0.25) is 5.88 Å². The maximum Gasteiger partial charge on any atom is 0.405 e. The summed E-state index contributed by atoms with van der Waals surface area (Å²) in [6, 6.07) is 8.40. The van der Waals surface area contributed by atoms with Crippen molar-refractivity contribution in [1.82, 2.24) is 4.98 Å². The third-order valence-electron chi connectivity index (χ3n) is 4.62. The Bertz CT molecular complexity index is 1150. The number of primary amides is 1. The van der Waals surface area contributed by atoms with Gasteiger partial charge in [-0.25, -0.2) is 18.6 Å². The number of benzene rings is 2. The number of carbonyl (C=O) groups excluding carboxylic acids is 2. The van der Waals surface area contributed by atoms with E-state index < -0.39 is 34.7 Å². The van der Waals surface area contributed by atoms with Crippen molar-refractivity contribution in [3.63, 3.8) is 0 Å². The molecule has 30 heavy (non-hydrogen) atoms. The summed E-state index contributed by atoms with van der Waals surface area (Å²) in [7, 11) is 0. The summed E-state index contributed by atoms with van der Waals surface area (Å²) in [6.45, 7) is 4.94. The number of nitrogens with two attached hydrogens (primary N) is 1. The quantitative estimate of drug-likeness (QED) is 0.601. The first-order chi connectivity index (χ1) is 14.2. The Kier molecular flexibility index (Phi) is 5.69. The minimum Gasteiger partial charge on any atom is -0.478 e. The maximum absolute atomic E-state index is 15.3. The third-order valence-corrected chi connectivity index (χ3v) is 4.62. The second-order valence-corrected chi connectivity index (χ2v) is 6.99. The van der Waals surface area contributed by atoms with Gasteiger partial charge in [-0.1, -0.05) is 12.1 Å². The molecule has 2 N–H and O–H groups in total. The monoisotopic (exact) mass is 414 g/mol. The van der Waals surface area contributed by atoms with Crippen LogP contribution in [0.15, 0.2) is 42.6 Å². The lowest BCUT2D eigenvalue weighted by atomic mass is 9.91. The van der Waals surface area contributed by atoms with Crippen LogP contribution in [0.5, 0.6) is 5.88 Å². The number of amides is 1. The molecule has 1 amide bonds. The van der Waals surface area contributed by atoms with Crippen molar-refractivity contribution in [1.29, 1.82) is 0 Å². The highest BCUT2D eigenvalue weighted by molar-refractivity contribution is 6.17. The van der Waals surface area contributed by atoms with Gasteiger partial charge in [-0.05, 0) is 50.4 Å². The zero-order valence-corrected chi connectivity index (χ0v) is 16.7. The zero-order chi connectivity index (χ0) is 22.1. The van der Waals surface area contributed by atoms with Crippen molar-refractivity contribution in [2.45, 2.75) is 26.4 Å². The fourth-order valence-corrected chi connectivity index (χ4v) is 3.30. The van der Waals surface area contributed by atoms with Crippen LogP contribution < -0.4 is 10.5 Å². The van der Waals surface area contributed by atoms with Crippen molar-refractivity contribution >= 4 is 22.6 Å². The molecule has 0 radical (unpaired) electrons. The van der Waals surface area contributed by atoms with Crippen LogP contribution in [0.4, 0.5) is 13.6 Å². The lowest BCUT2D eigenvalue weighted by molar-refractivity contribution is 0.0404. The number of fused-ring (bicyclic) bond motifs is 1. The molecule has 0 saturated carbocycles. The molecule has 8 heteroatoms. The normalized spacial score (nSPS) is 11.4. The number of hydrogen-bond donors (Lipinski definition) is 1. The smallest absolute Gasteiger partial charge is 0.405 e. The lowest BCUT2D eigenvalue weighted by Crippen LogP contribution is -2.30. The molecule has 0 aliphatic rings. The van der Waals surface area contributed by atoms with Crippen molar-refractivity contribution in [3.8, 4) is 5.88 Å². The molecule has 3 rings (SSSR count). The van der Waals surface area contributed by atoms with E-state index in [2.05, 4.69) is 4.98 Å². The van der Waals surface area contributed by atoms with Gasteiger partial charge in [0.05, 0.1) is 12.2 Å². The van der Waals surface area contributed by atoms with E-state index in [-0.39, 0.29) is 11.1 Å². The number of pyridine rings is 1. The molecule has 0 spiro atoms. The Labute approximate surface area is 171 Å². The molecular weight excluding hydrogens is 394 g/mol. The molecule has 3 aromatic rings. The van der Waals surface area contributed by atoms with Gasteiger partial charge in [-0.15, -0.1) is 0 Å². The number of ketones is 1. The van der Waals surface area contributed by atoms with Gasteiger partial charge < -0.3 is 15.2 Å². The summed E-state index contributed by atoms with van der Waals surface area (Å²) in [5.41, 5.74) is 2.68. The van der Waals surface area contributed by atoms with E-state index in [4.69, 9.17) is 15.2 Å². The highest BCUT2D eigenvalue weighted by Gasteiger charge is 2.32. The fraction of sp³-hybridized carbons (Fsp3) is 0.227. The molecule has 1 heterocycles. The summed E-state index contributed by atoms with van der Waals surface area (Å²) in [6.07, 6.45) is 0.332. The lowest BCUT2D eigenvalue weighted by Gasteiger charge is -2.25. The average Bonchev–Trinajstić information content (AvgIpc) is 2.66. The number of halogens is 2. The summed E-state index contributed by atoms with van der Waals surface area (Å²) >= 11 is 0. The topological polar surface area (TPSA) is 91.5 Å². The van der Waals surface area contributed by atoms with Crippen molar-refractivity contribution in [3.05, 3.63) is 70.9 Å². The highest BCUT2D eigenvalue weighted by atomic mass is 19.1. The van der Waals surface area contributed by atoms with Crippen LogP contribution in [0.25, 0.3) is 10.8 Å². The third kappa shape index (κ3) is 3.80. The van der Waals surface area contributed by atoms with Crippen molar-refractivity contribution in [2.24, 2.45) is 5.73 Å². The van der Waals surface area contributed by atoms with Crippen molar-refractivity contribution in [2.75, 3.05) is 6.61 Å². The molecule has 0 fully saturated rings. The molecule has 156 valence electrons. The van der Waals surface area contributed by atoms with E-state index in [1.807, 2.05) is 0 Å². The van der Waals surface area contributed by atoms with Crippen LogP contribution >= 0.6 is 0 Å². The van der Waals surface area contributed by atoms with Gasteiger partial charge in [0.25, 0.3) is 0 Å². The minimum absolute atomic E-state index is 0.0828. The molecule has 2 aromatic carbocycles. The number of carbonyl (C=O) groups is 2. The number of hydrogen-bond acceptors (Lipinski definition) is 5. The number of nitrogens with zero attached hydrogens (tertiary/aromatic N) is 1. The van der Waals surface area contributed by atoms with Gasteiger partial charge in [0, 0.05) is 22.7 Å². The Morgan fingerprint density at radius 1 is 1.10 bits per heavy atom. The largest absolute Gasteiger partial charge is 0.478 e. The summed E-state index contributed by atoms with van der Waals surface area (Å²) in [5, 5.41) is 0.984. The fourth-order valence-electron chi connectivity index (χ4n) is 3.30. The summed E-state index contributed by atoms with van der Waals surface area (Å²) in [4.78, 5) is 28.5. The van der Waals surface area contributed by atoms with Crippen LogP contribution in [0, 0.1) is 11.6 Å². The number of rotatable bonds is 6. The standard InChI is InChI=1S/C22H20F2N2O4/c1-4-29-20-14-7-5-6-13(12(14)10-11-26-20)19(27)17-16(23)9-8-15(18(17)24)22(2,3)30-21(25)28/h5-11H,4H2,1-3H3,(H2,25,28). The first-order valence-corrected chi connectivity index (χ1v) is 9.19. The van der Waals surface area contributed by atoms with Crippen LogP contribution in [0.2, 0.25) is 0 Å². The van der Waals surface area contributed by atoms with Gasteiger partial charge >= 0.3 is 6.09 Å². The van der Waals surface area contributed by atoms with Crippen LogP contribution in [-0.2, 0) is 10.3 Å². The highest BCUT2D eigenvalue weighted by Crippen LogP contribution is 2.33. The second kappa shape index (κ2) is 8.06. The van der Waals surface area contributed by atoms with E-state index in [1.165, 1.54) is 26.1 Å². The van der Waals surface area contributed by atoms with Gasteiger partial charge in [-0.3, -0.25) is 4.79 Å². The number of aromatic nitrogens is 1. The van der Waals surface area contributed by atoms with Crippen LogP contribution in [0.3, 0.4) is 0 Å². The molecular formula is C22H20F2N2O4. The summed E-state index contributed by atoms with van der Waals surface area (Å²) < 4.78 is 40.3. The molecule has 0 unspecified atom stereocenters. The van der Waals surface area contributed by atoms with Crippen molar-refractivity contribution < 1.29 is 27.8 Å². The number of ether oxygens (including phenoxy) is 2. The molecule has 0 aliphatic carbocycles. The molecule has 0 saturated heterocycles. The van der Waals surface area contributed by atoms with Gasteiger partial charge in [0.15, 0.2) is 5.78 Å². The van der Waals surface area contributed by atoms with Crippen LogP contribution in [0.1, 0.15) is 42.3 Å². The first-order valence-electron chi connectivity index (χ1n) is 9.19. The van der Waals surface area contributed by atoms with E-state index in [0.29, 0.717) is 23.3 Å². The second-order valence-electron chi connectivity index (χ2n) is 6.99. The predicted octanol–water partition coefficient (Wildman–Crippen LogP) is 4.47. The first kappa shape index (κ1) is 21.2. The average molecular weight is 414 g/mol. The van der Waals surface area contributed by atoms with Gasteiger partial charge in [0.1, 0.15) is 17.2 Å². The molecule has 0 atom stereocenters. The Morgan fingerprint density at radius 3 is 2.50 bits per heavy atom.